The van der Waals surface area contributed by atoms with Crippen LogP contribution in [0.1, 0.15) is 24.6 Å². The van der Waals surface area contributed by atoms with Gasteiger partial charge in [0.1, 0.15) is 0 Å². The minimum absolute atomic E-state index is 0.975. The molecule has 0 fully saturated rings. The summed E-state index contributed by atoms with van der Waals surface area (Å²) in [7, 11) is 0. The molecule has 12 heavy (non-hydrogen) atoms. The van der Waals surface area contributed by atoms with Gasteiger partial charge < -0.3 is 4.57 Å². The number of hydrogen-bond acceptors (Lipinski definition) is 1. The zero-order valence-corrected chi connectivity index (χ0v) is 7.90. The molecule has 2 heterocycles. The lowest BCUT2D eigenvalue weighted by Crippen LogP contribution is -1.96. The van der Waals surface area contributed by atoms with Crippen LogP contribution in [0.25, 0.3) is 6.20 Å². The van der Waals surface area contributed by atoms with Crippen molar-refractivity contribution in [3.63, 3.8) is 0 Å². The minimum atomic E-state index is 0.975. The van der Waals surface area contributed by atoms with E-state index >= 15 is 0 Å². The molecule has 2 rings (SSSR count). The molecule has 0 aromatic carbocycles. The normalized spacial score (nSPS) is 13.9. The molecule has 0 unspecified atom stereocenters. The predicted molar refractivity (Wildman–Crippen MR) is 55.5 cm³/mol. The highest BCUT2D eigenvalue weighted by atomic mass is 32.1. The van der Waals surface area contributed by atoms with Gasteiger partial charge in [0.2, 0.25) is 0 Å². The van der Waals surface area contributed by atoms with Gasteiger partial charge in [0.15, 0.2) is 0 Å². The van der Waals surface area contributed by atoms with Gasteiger partial charge in [-0.3, -0.25) is 0 Å². The van der Waals surface area contributed by atoms with Crippen LogP contribution >= 0.6 is 12.2 Å². The van der Waals surface area contributed by atoms with Crippen molar-refractivity contribution in [2.45, 2.75) is 19.8 Å². The van der Waals surface area contributed by atoms with Crippen LogP contribution in [0.2, 0.25) is 0 Å². The summed E-state index contributed by atoms with van der Waals surface area (Å²) >= 11 is 5.22. The SMILES string of the molecule is CCCc1ccn2c1C(=S)C=C2. The van der Waals surface area contributed by atoms with Gasteiger partial charge in [0.05, 0.1) is 10.6 Å². The average Bonchev–Trinajstić information content (AvgIpc) is 2.58. The topological polar surface area (TPSA) is 4.93 Å². The first-order valence-corrected chi connectivity index (χ1v) is 4.66. The molecule has 2 heteroatoms. The summed E-state index contributed by atoms with van der Waals surface area (Å²) in [5, 5.41) is 0. The smallest absolute Gasteiger partial charge is 0.0664 e. The van der Waals surface area contributed by atoms with Crippen LogP contribution in [0.4, 0.5) is 0 Å². The Kier molecular flexibility index (Phi) is 1.85. The summed E-state index contributed by atoms with van der Waals surface area (Å²) in [5.74, 6) is 0. The van der Waals surface area contributed by atoms with Crippen LogP contribution in [0.15, 0.2) is 18.3 Å². The number of allylic oxidation sites excluding steroid dienone is 1. The van der Waals surface area contributed by atoms with Crippen molar-refractivity contribution in [3.8, 4) is 0 Å². The fourth-order valence-corrected chi connectivity index (χ4v) is 1.89. The lowest BCUT2D eigenvalue weighted by atomic mass is 10.1. The first-order valence-electron chi connectivity index (χ1n) is 4.25. The molecule has 0 radical (unpaired) electrons. The van der Waals surface area contributed by atoms with E-state index in [1.54, 1.807) is 0 Å². The number of hydrogen-bond donors (Lipinski definition) is 0. The zero-order chi connectivity index (χ0) is 8.55. The highest BCUT2D eigenvalue weighted by Crippen LogP contribution is 2.20. The van der Waals surface area contributed by atoms with Gasteiger partial charge in [0.25, 0.3) is 0 Å². The summed E-state index contributed by atoms with van der Waals surface area (Å²) in [6.45, 7) is 2.19. The van der Waals surface area contributed by atoms with Crippen LogP contribution in [-0.4, -0.2) is 9.43 Å². The molecular weight excluding hydrogens is 166 g/mol. The molecule has 1 nitrogen and oxygen atoms in total. The Morgan fingerprint density at radius 2 is 2.33 bits per heavy atom. The molecular formula is C10H11NS. The van der Waals surface area contributed by atoms with E-state index in [0.717, 1.165) is 11.3 Å². The van der Waals surface area contributed by atoms with Crippen molar-refractivity contribution in [3.05, 3.63) is 29.6 Å². The molecule has 62 valence electrons. The van der Waals surface area contributed by atoms with Crippen molar-refractivity contribution in [2.75, 3.05) is 0 Å². The van der Waals surface area contributed by atoms with Gasteiger partial charge in [-0.05, 0) is 24.1 Å². The predicted octanol–water partition coefficient (Wildman–Crippen LogP) is 2.64. The third-order valence-corrected chi connectivity index (χ3v) is 2.47. The Hall–Kier alpha value is -0.890. The first kappa shape index (κ1) is 7.74. The molecule has 0 bridgehead atoms. The van der Waals surface area contributed by atoms with Gasteiger partial charge in [-0.1, -0.05) is 25.6 Å². The van der Waals surface area contributed by atoms with Gasteiger partial charge in [-0.2, -0.15) is 0 Å². The summed E-state index contributed by atoms with van der Waals surface area (Å²) in [5.41, 5.74) is 2.61. The molecule has 1 aliphatic rings. The quantitative estimate of drug-likeness (QED) is 0.629. The molecule has 0 aliphatic carbocycles. The molecule has 0 amide bonds. The van der Waals surface area contributed by atoms with Crippen molar-refractivity contribution in [1.82, 2.24) is 4.57 Å². The standard InChI is InChI=1S/C10H11NS/c1-2-3-8-4-6-11-7-5-9(12)10(8)11/h4-7H,2-3H2,1H3. The maximum Gasteiger partial charge on any atom is 0.0664 e. The van der Waals surface area contributed by atoms with Crippen molar-refractivity contribution < 1.29 is 0 Å². The highest BCUT2D eigenvalue weighted by molar-refractivity contribution is 7.81. The largest absolute Gasteiger partial charge is 0.322 e. The second-order valence-electron chi connectivity index (χ2n) is 3.03. The number of aryl methyl sites for hydroxylation is 1. The van der Waals surface area contributed by atoms with E-state index < -0.39 is 0 Å². The van der Waals surface area contributed by atoms with Crippen molar-refractivity contribution >= 4 is 23.3 Å². The maximum atomic E-state index is 5.22. The molecule has 1 aromatic heterocycles. The maximum absolute atomic E-state index is 5.22. The van der Waals surface area contributed by atoms with Crippen LogP contribution < -0.4 is 0 Å². The molecule has 1 aliphatic heterocycles. The Morgan fingerprint density at radius 3 is 3.08 bits per heavy atom. The van der Waals surface area contributed by atoms with E-state index in [4.69, 9.17) is 12.2 Å². The fourth-order valence-electron chi connectivity index (χ4n) is 1.60. The third kappa shape index (κ3) is 1.03. The number of aromatic nitrogens is 1. The monoisotopic (exact) mass is 177 g/mol. The molecule has 0 N–H and O–H groups in total. The van der Waals surface area contributed by atoms with E-state index in [2.05, 4.69) is 23.8 Å². The number of fused-ring (bicyclic) bond motifs is 1. The number of rotatable bonds is 2. The molecule has 0 spiro atoms. The molecule has 0 atom stereocenters. The summed E-state index contributed by atoms with van der Waals surface area (Å²) in [6, 6.07) is 2.16. The Labute approximate surface area is 77.7 Å². The second-order valence-corrected chi connectivity index (χ2v) is 3.47. The third-order valence-electron chi connectivity index (χ3n) is 2.14. The van der Waals surface area contributed by atoms with E-state index in [1.807, 2.05) is 12.3 Å². The van der Waals surface area contributed by atoms with E-state index in [9.17, 15) is 0 Å². The molecule has 0 saturated heterocycles. The van der Waals surface area contributed by atoms with Crippen LogP contribution in [-0.2, 0) is 6.42 Å². The Morgan fingerprint density at radius 1 is 1.50 bits per heavy atom. The number of thiocarbonyl (C=S) groups is 1. The van der Waals surface area contributed by atoms with E-state index in [-0.39, 0.29) is 0 Å². The Bertz CT molecular complexity index is 347. The van der Waals surface area contributed by atoms with E-state index in [0.29, 0.717) is 0 Å². The van der Waals surface area contributed by atoms with Crippen LogP contribution in [0, 0.1) is 0 Å². The lowest BCUT2D eigenvalue weighted by Gasteiger charge is -1.99. The van der Waals surface area contributed by atoms with Gasteiger partial charge in [-0.25, -0.2) is 0 Å². The second kappa shape index (κ2) is 2.87. The van der Waals surface area contributed by atoms with Crippen molar-refractivity contribution in [1.29, 1.82) is 0 Å². The van der Waals surface area contributed by atoms with Crippen LogP contribution in [0.5, 0.6) is 0 Å². The van der Waals surface area contributed by atoms with Gasteiger partial charge in [0, 0.05) is 12.4 Å². The fraction of sp³-hybridized carbons (Fsp3) is 0.300. The first-order chi connectivity index (χ1) is 5.83. The molecule has 1 aromatic rings. The number of nitrogens with zero attached hydrogens (tertiary/aromatic N) is 1. The Balaban J connectivity index is 2.43. The van der Waals surface area contributed by atoms with Crippen molar-refractivity contribution in [2.24, 2.45) is 0 Å². The van der Waals surface area contributed by atoms with Crippen LogP contribution in [0.3, 0.4) is 0 Å². The van der Waals surface area contributed by atoms with Gasteiger partial charge >= 0.3 is 0 Å². The van der Waals surface area contributed by atoms with E-state index in [1.165, 1.54) is 17.7 Å². The summed E-state index contributed by atoms with van der Waals surface area (Å²) in [6.07, 6.45) is 8.40. The molecule has 0 saturated carbocycles. The zero-order valence-electron chi connectivity index (χ0n) is 7.08. The highest BCUT2D eigenvalue weighted by Gasteiger charge is 2.13. The van der Waals surface area contributed by atoms with Gasteiger partial charge in [-0.15, -0.1) is 0 Å². The average molecular weight is 177 g/mol. The minimum Gasteiger partial charge on any atom is -0.322 e. The summed E-state index contributed by atoms with van der Waals surface area (Å²) < 4.78 is 2.10. The lowest BCUT2D eigenvalue weighted by molar-refractivity contribution is 0.919. The summed E-state index contributed by atoms with van der Waals surface area (Å²) in [4.78, 5) is 0.975.